The molecule has 0 spiro atoms. The Morgan fingerprint density at radius 3 is 2.32 bits per heavy atom. The van der Waals surface area contributed by atoms with Gasteiger partial charge in [0, 0.05) is 17.0 Å². The average molecular weight is 565 g/mol. The fraction of sp³-hybridized carbons (Fsp3) is 0.273. The molecule has 5 rings (SSSR count). The normalized spacial score (nSPS) is 14.0. The van der Waals surface area contributed by atoms with Gasteiger partial charge in [-0.15, -0.1) is 0 Å². The highest BCUT2D eigenvalue weighted by molar-refractivity contribution is 7.93. The van der Waals surface area contributed by atoms with Gasteiger partial charge in [-0.3, -0.25) is 8.90 Å². The monoisotopic (exact) mass is 564 g/mol. The van der Waals surface area contributed by atoms with Crippen LogP contribution in [0.25, 0.3) is 10.9 Å². The second-order valence-corrected chi connectivity index (χ2v) is 12.9. The first kappa shape index (κ1) is 28.6. The van der Waals surface area contributed by atoms with E-state index in [9.17, 15) is 8.42 Å². The summed E-state index contributed by atoms with van der Waals surface area (Å²) in [5, 5.41) is 5.81. The lowest BCUT2D eigenvalue weighted by atomic mass is 9.60. The summed E-state index contributed by atoms with van der Waals surface area (Å²) < 4.78 is 30.2. The predicted octanol–water partition coefficient (Wildman–Crippen LogP) is 7.49. The minimum Gasteiger partial charge on any atom is -0.299 e. The molecule has 0 unspecified atom stereocenters. The Labute approximate surface area is 244 Å². The minimum absolute atomic E-state index is 0.0122. The van der Waals surface area contributed by atoms with Crippen molar-refractivity contribution in [2.24, 2.45) is 4.99 Å². The van der Waals surface area contributed by atoms with E-state index >= 15 is 0 Å². The van der Waals surface area contributed by atoms with Gasteiger partial charge in [0.2, 0.25) is 10.0 Å². The zero-order chi connectivity index (χ0) is 29.1. The van der Waals surface area contributed by atoms with Crippen molar-refractivity contribution in [1.29, 1.82) is 0 Å². The third kappa shape index (κ3) is 6.08. The third-order valence-corrected chi connectivity index (χ3v) is 8.64. The second-order valence-electron chi connectivity index (χ2n) is 11.1. The molecule has 1 aliphatic carbocycles. The summed E-state index contributed by atoms with van der Waals surface area (Å²) in [5.41, 5.74) is 6.64. The van der Waals surface area contributed by atoms with Gasteiger partial charge in [0.25, 0.3) is 6.85 Å². The van der Waals surface area contributed by atoms with E-state index in [0.717, 1.165) is 57.4 Å². The van der Waals surface area contributed by atoms with Crippen molar-refractivity contribution in [3.8, 4) is 0 Å². The summed E-state index contributed by atoms with van der Waals surface area (Å²) in [6.45, 7) is 7.75. The Morgan fingerprint density at radius 1 is 1.02 bits per heavy atom. The van der Waals surface area contributed by atoms with Crippen LogP contribution in [0.1, 0.15) is 49.4 Å². The van der Waals surface area contributed by atoms with Gasteiger partial charge in [0.1, 0.15) is 0 Å². The number of aromatic nitrogens is 2. The van der Waals surface area contributed by atoms with Crippen LogP contribution in [0.5, 0.6) is 0 Å². The molecule has 0 saturated carbocycles. The van der Waals surface area contributed by atoms with Gasteiger partial charge in [-0.25, -0.2) is 13.4 Å². The van der Waals surface area contributed by atoms with Crippen LogP contribution in [0.4, 0.5) is 11.5 Å². The van der Waals surface area contributed by atoms with Crippen molar-refractivity contribution >= 4 is 45.0 Å². The van der Waals surface area contributed by atoms with E-state index in [1.54, 1.807) is 0 Å². The van der Waals surface area contributed by atoms with Crippen molar-refractivity contribution in [1.82, 2.24) is 9.78 Å². The number of fused-ring (bicyclic) bond motifs is 1. The summed E-state index contributed by atoms with van der Waals surface area (Å²) in [5.74, 6) is 0.451. The van der Waals surface area contributed by atoms with Crippen molar-refractivity contribution < 1.29 is 8.42 Å². The first-order valence-corrected chi connectivity index (χ1v) is 16.1. The molecule has 0 N–H and O–H groups in total. The highest BCUT2D eigenvalue weighted by Crippen LogP contribution is 2.39. The molecule has 0 radical (unpaired) electrons. The average Bonchev–Trinajstić information content (AvgIpc) is 3.35. The number of aliphatic imine (C=N–C) groups is 1. The molecule has 0 bridgehead atoms. The van der Waals surface area contributed by atoms with E-state index in [0.29, 0.717) is 12.1 Å². The number of aryl methyl sites for hydroxylation is 1. The fourth-order valence-corrected chi connectivity index (χ4v) is 6.72. The molecular formula is C33H37BN4O2S. The molecule has 0 amide bonds. The smallest absolute Gasteiger partial charge is 0.277 e. The van der Waals surface area contributed by atoms with Gasteiger partial charge < -0.3 is 0 Å². The van der Waals surface area contributed by atoms with Gasteiger partial charge in [-0.05, 0) is 57.1 Å². The highest BCUT2D eigenvalue weighted by atomic mass is 32.2. The van der Waals surface area contributed by atoms with Crippen molar-refractivity contribution in [2.45, 2.75) is 52.8 Å². The molecule has 0 atom stereocenters. The van der Waals surface area contributed by atoms with Crippen LogP contribution < -0.4 is 4.22 Å². The maximum absolute atomic E-state index is 13.4. The molecule has 0 fully saturated rings. The van der Waals surface area contributed by atoms with E-state index in [-0.39, 0.29) is 12.9 Å². The van der Waals surface area contributed by atoms with Gasteiger partial charge in [-0.2, -0.15) is 5.10 Å². The van der Waals surface area contributed by atoms with Crippen LogP contribution in [0, 0.1) is 6.92 Å². The number of nitrogens with zero attached hydrogens (tertiary/aromatic N) is 4. The SMILES string of the molecule is CB(Cc1ccccc1)N(c1nn(C(C)C)c2c(N=C(C3=CCCC=C3)c3ccccc3)ccc(C)c12)S(C)(=O)=O. The molecule has 0 aliphatic heterocycles. The third-order valence-electron chi connectivity index (χ3n) is 7.40. The quantitative estimate of drug-likeness (QED) is 0.156. The van der Waals surface area contributed by atoms with Gasteiger partial charge in [0.15, 0.2) is 5.82 Å². The largest absolute Gasteiger partial charge is 0.299 e. The summed E-state index contributed by atoms with van der Waals surface area (Å²) in [7, 11) is -3.65. The summed E-state index contributed by atoms with van der Waals surface area (Å²) in [6, 6.07) is 24.2. The standard InChI is InChI=1S/C33H37BN4O2S/c1-24(2)37-32-29(35-31(27-17-11-7-12-18-27)28-19-13-8-14-20-28)22-21-25(3)30(32)33(36-37)38(41(5,39)40)34(4)23-26-15-9-6-10-16-26/h6-7,9-13,15-22,24H,8,14,23H2,1-5H3. The lowest BCUT2D eigenvalue weighted by Gasteiger charge is -2.26. The van der Waals surface area contributed by atoms with Gasteiger partial charge >= 0.3 is 0 Å². The van der Waals surface area contributed by atoms with Crippen molar-refractivity contribution in [2.75, 3.05) is 10.5 Å². The molecule has 41 heavy (non-hydrogen) atoms. The Balaban J connectivity index is 1.74. The van der Waals surface area contributed by atoms with E-state index in [1.807, 2.05) is 79.1 Å². The van der Waals surface area contributed by atoms with E-state index in [4.69, 9.17) is 10.1 Å². The molecule has 210 valence electrons. The lowest BCUT2D eigenvalue weighted by Crippen LogP contribution is -2.43. The van der Waals surface area contributed by atoms with Crippen LogP contribution in [-0.2, 0) is 16.3 Å². The number of hydrogen-bond donors (Lipinski definition) is 0. The number of allylic oxidation sites excluding steroid dienone is 4. The summed E-state index contributed by atoms with van der Waals surface area (Å²) in [6.07, 6.45) is 10.4. The zero-order valence-electron chi connectivity index (χ0n) is 24.4. The maximum atomic E-state index is 13.4. The second kappa shape index (κ2) is 11.9. The first-order chi connectivity index (χ1) is 19.6. The predicted molar refractivity (Wildman–Crippen MR) is 173 cm³/mol. The summed E-state index contributed by atoms with van der Waals surface area (Å²) in [4.78, 5) is 5.28. The number of hydrogen-bond acceptors (Lipinski definition) is 4. The lowest BCUT2D eigenvalue weighted by molar-refractivity contribution is 0.551. The molecule has 1 aliphatic rings. The van der Waals surface area contributed by atoms with E-state index in [2.05, 4.69) is 44.2 Å². The van der Waals surface area contributed by atoms with Crippen molar-refractivity contribution in [3.05, 3.63) is 113 Å². The molecule has 3 aromatic carbocycles. The molecule has 6 nitrogen and oxygen atoms in total. The molecule has 1 heterocycles. The Hall–Kier alpha value is -3.91. The Morgan fingerprint density at radius 2 is 1.71 bits per heavy atom. The number of anilines is 1. The van der Waals surface area contributed by atoms with Crippen LogP contribution in [0.3, 0.4) is 0 Å². The number of sulfonamides is 1. The highest BCUT2D eigenvalue weighted by Gasteiger charge is 2.33. The van der Waals surface area contributed by atoms with Crippen molar-refractivity contribution in [3.63, 3.8) is 0 Å². The van der Waals surface area contributed by atoms with Gasteiger partial charge in [-0.1, -0.05) is 97.3 Å². The van der Waals surface area contributed by atoms with Crippen LogP contribution in [-0.4, -0.2) is 37.0 Å². The number of rotatable bonds is 9. The van der Waals surface area contributed by atoms with E-state index in [1.165, 1.54) is 10.5 Å². The number of benzene rings is 3. The van der Waals surface area contributed by atoms with Gasteiger partial charge in [0.05, 0.1) is 23.2 Å². The van der Waals surface area contributed by atoms with Crippen LogP contribution >= 0.6 is 0 Å². The topological polar surface area (TPSA) is 67.6 Å². The molecule has 1 aromatic heterocycles. The van der Waals surface area contributed by atoms with E-state index < -0.39 is 10.0 Å². The zero-order valence-corrected chi connectivity index (χ0v) is 25.3. The minimum atomic E-state index is -3.65. The Kier molecular flexibility index (Phi) is 8.31. The van der Waals surface area contributed by atoms with Crippen LogP contribution in [0.2, 0.25) is 6.82 Å². The molecule has 0 saturated heterocycles. The fourth-order valence-electron chi connectivity index (χ4n) is 5.55. The molecule has 8 heteroatoms. The molecular weight excluding hydrogens is 527 g/mol. The summed E-state index contributed by atoms with van der Waals surface area (Å²) >= 11 is 0. The first-order valence-electron chi connectivity index (χ1n) is 14.2. The molecule has 4 aromatic rings. The Bertz CT molecular complexity index is 1740. The van der Waals surface area contributed by atoms with Crippen LogP contribution in [0.15, 0.2) is 102 Å². The maximum Gasteiger partial charge on any atom is 0.277 e.